The Morgan fingerprint density at radius 1 is 0.549 bits per heavy atom. The lowest BCUT2D eigenvalue weighted by atomic mass is 9.93. The summed E-state index contributed by atoms with van der Waals surface area (Å²) in [7, 11) is 3.20. The fourth-order valence-electron chi connectivity index (χ4n) is 6.90. The Bertz CT molecular complexity index is 2340. The van der Waals surface area contributed by atoms with E-state index in [0.29, 0.717) is 28.3 Å². The Balaban J connectivity index is 1.43. The van der Waals surface area contributed by atoms with Crippen molar-refractivity contribution in [3.8, 4) is 33.9 Å². The molecule has 8 heteroatoms. The van der Waals surface area contributed by atoms with Crippen molar-refractivity contribution < 1.29 is 22.6 Å². The van der Waals surface area contributed by atoms with E-state index in [-0.39, 0.29) is 0 Å². The van der Waals surface area contributed by atoms with Gasteiger partial charge in [-0.2, -0.15) is 13.2 Å². The molecule has 0 radical (unpaired) electrons. The molecule has 1 aliphatic heterocycles. The van der Waals surface area contributed by atoms with Crippen LogP contribution in [0.15, 0.2) is 140 Å². The zero-order valence-corrected chi connectivity index (χ0v) is 28.1. The third-order valence-corrected chi connectivity index (χ3v) is 9.30. The quantitative estimate of drug-likeness (QED) is 0.175. The molecule has 0 unspecified atom stereocenters. The normalized spacial score (nSPS) is 12.4. The van der Waals surface area contributed by atoms with Gasteiger partial charge in [-0.25, -0.2) is 4.98 Å². The van der Waals surface area contributed by atoms with E-state index in [2.05, 4.69) is 58.3 Å². The van der Waals surface area contributed by atoms with Crippen molar-refractivity contribution in [2.75, 3.05) is 24.0 Å². The molecule has 0 amide bonds. The van der Waals surface area contributed by atoms with E-state index in [4.69, 9.17) is 14.5 Å². The number of methoxy groups -OCH3 is 2. The van der Waals surface area contributed by atoms with Gasteiger partial charge in [-0.1, -0.05) is 60.7 Å². The van der Waals surface area contributed by atoms with E-state index in [0.717, 1.165) is 68.3 Å². The standard InChI is InChI=1S/C43H32F3N3O2/c1-27-17-22-40(49-38-15-9-7-13-36(38)48(31-11-5-4-6-12-31)37-14-8-10-16-39(37)49)42-41(27)34(29-23-32(50-2)25-33(24-29)51-3)26-35(47-42)28-18-20-30(21-19-28)43(44,45)46/h4-26H,1-3H3. The van der Waals surface area contributed by atoms with Gasteiger partial charge in [0.2, 0.25) is 0 Å². The smallest absolute Gasteiger partial charge is 0.416 e. The highest BCUT2D eigenvalue weighted by Gasteiger charge is 2.32. The lowest BCUT2D eigenvalue weighted by Gasteiger charge is -2.40. The van der Waals surface area contributed by atoms with E-state index < -0.39 is 11.7 Å². The van der Waals surface area contributed by atoms with Crippen molar-refractivity contribution in [2.24, 2.45) is 0 Å². The summed E-state index contributed by atoms with van der Waals surface area (Å²) in [6.45, 7) is 2.04. The monoisotopic (exact) mass is 679 g/mol. The summed E-state index contributed by atoms with van der Waals surface area (Å²) in [4.78, 5) is 9.75. The molecule has 51 heavy (non-hydrogen) atoms. The van der Waals surface area contributed by atoms with Crippen LogP contribution in [0.3, 0.4) is 0 Å². The minimum atomic E-state index is -4.45. The summed E-state index contributed by atoms with van der Waals surface area (Å²) in [6, 6.07) is 43.7. The third kappa shape index (κ3) is 5.59. The molecule has 0 saturated carbocycles. The van der Waals surface area contributed by atoms with Crippen LogP contribution < -0.4 is 19.3 Å². The van der Waals surface area contributed by atoms with Crippen LogP contribution in [0.1, 0.15) is 11.1 Å². The number of para-hydroxylation sites is 5. The number of halogens is 3. The number of alkyl halides is 3. The summed E-state index contributed by atoms with van der Waals surface area (Å²) in [6.07, 6.45) is -4.45. The number of nitrogens with zero attached hydrogens (tertiary/aromatic N) is 3. The van der Waals surface area contributed by atoms with E-state index in [1.807, 2.05) is 73.7 Å². The average molecular weight is 680 g/mol. The lowest BCUT2D eigenvalue weighted by Crippen LogP contribution is -2.24. The van der Waals surface area contributed by atoms with Crippen LogP contribution in [0.5, 0.6) is 11.5 Å². The van der Waals surface area contributed by atoms with E-state index in [1.165, 1.54) is 12.1 Å². The molecule has 0 fully saturated rings. The molecule has 0 atom stereocenters. The lowest BCUT2D eigenvalue weighted by molar-refractivity contribution is -0.137. The molecule has 0 aliphatic carbocycles. The van der Waals surface area contributed by atoms with Crippen LogP contribution in [0.2, 0.25) is 0 Å². The number of benzene rings is 6. The molecule has 6 aromatic carbocycles. The molecule has 8 rings (SSSR count). The molecule has 7 aromatic rings. The summed E-state index contributed by atoms with van der Waals surface area (Å²) < 4.78 is 52.1. The summed E-state index contributed by atoms with van der Waals surface area (Å²) >= 11 is 0. The Hall–Kier alpha value is -6.28. The number of pyridine rings is 1. The van der Waals surface area contributed by atoms with Gasteiger partial charge < -0.3 is 19.3 Å². The zero-order chi connectivity index (χ0) is 35.3. The maximum atomic E-state index is 13.6. The van der Waals surface area contributed by atoms with Crippen LogP contribution in [0.25, 0.3) is 33.3 Å². The first kappa shape index (κ1) is 32.0. The zero-order valence-electron chi connectivity index (χ0n) is 28.1. The van der Waals surface area contributed by atoms with E-state index >= 15 is 0 Å². The van der Waals surface area contributed by atoms with Gasteiger partial charge in [0.25, 0.3) is 0 Å². The topological polar surface area (TPSA) is 37.8 Å². The minimum absolute atomic E-state index is 0.532. The second-order valence-electron chi connectivity index (χ2n) is 12.3. The van der Waals surface area contributed by atoms with Gasteiger partial charge in [0, 0.05) is 22.7 Å². The molecule has 1 aliphatic rings. The Kier molecular flexibility index (Phi) is 7.87. The molecule has 2 heterocycles. The highest BCUT2D eigenvalue weighted by Crippen LogP contribution is 2.55. The predicted octanol–water partition coefficient (Wildman–Crippen LogP) is 12.2. The first-order valence-electron chi connectivity index (χ1n) is 16.4. The Morgan fingerprint density at radius 2 is 1.10 bits per heavy atom. The van der Waals surface area contributed by atoms with Crippen molar-refractivity contribution in [3.05, 3.63) is 151 Å². The summed E-state index contributed by atoms with van der Waals surface area (Å²) in [5.74, 6) is 1.22. The Morgan fingerprint density at radius 3 is 1.65 bits per heavy atom. The van der Waals surface area contributed by atoms with Crippen LogP contribution in [-0.2, 0) is 6.18 Å². The van der Waals surface area contributed by atoms with Gasteiger partial charge in [0.05, 0.1) is 59.4 Å². The van der Waals surface area contributed by atoms with Gasteiger partial charge in [-0.15, -0.1) is 0 Å². The van der Waals surface area contributed by atoms with Gasteiger partial charge >= 0.3 is 6.18 Å². The average Bonchev–Trinajstić information content (AvgIpc) is 3.16. The predicted molar refractivity (Wildman–Crippen MR) is 198 cm³/mol. The fourth-order valence-corrected chi connectivity index (χ4v) is 6.90. The number of hydrogen-bond acceptors (Lipinski definition) is 5. The van der Waals surface area contributed by atoms with Gasteiger partial charge in [-0.3, -0.25) is 0 Å². The molecule has 252 valence electrons. The second kappa shape index (κ2) is 12.6. The Labute approximate surface area is 293 Å². The van der Waals surface area contributed by atoms with E-state index in [9.17, 15) is 13.2 Å². The van der Waals surface area contributed by atoms with Crippen LogP contribution in [-0.4, -0.2) is 19.2 Å². The molecule has 0 saturated heterocycles. The maximum absolute atomic E-state index is 13.6. The van der Waals surface area contributed by atoms with Crippen molar-refractivity contribution in [1.29, 1.82) is 0 Å². The summed E-state index contributed by atoms with van der Waals surface area (Å²) in [5.41, 5.74) is 9.48. The molecular formula is C43H32F3N3O2. The first-order valence-corrected chi connectivity index (χ1v) is 16.4. The van der Waals surface area contributed by atoms with Gasteiger partial charge in [0.15, 0.2) is 0 Å². The highest BCUT2D eigenvalue weighted by atomic mass is 19.4. The second-order valence-corrected chi connectivity index (χ2v) is 12.3. The third-order valence-electron chi connectivity index (χ3n) is 9.30. The molecule has 5 nitrogen and oxygen atoms in total. The number of aromatic nitrogens is 1. The summed E-state index contributed by atoms with van der Waals surface area (Å²) in [5, 5.41) is 0.902. The van der Waals surface area contributed by atoms with Gasteiger partial charge in [0.1, 0.15) is 11.5 Å². The van der Waals surface area contributed by atoms with Crippen LogP contribution >= 0.6 is 0 Å². The molecule has 0 N–H and O–H groups in total. The van der Waals surface area contributed by atoms with Crippen molar-refractivity contribution in [2.45, 2.75) is 13.1 Å². The highest BCUT2D eigenvalue weighted by molar-refractivity contribution is 6.10. The fraction of sp³-hybridized carbons (Fsp3) is 0.0930. The van der Waals surface area contributed by atoms with Crippen LogP contribution in [0, 0.1) is 6.92 Å². The van der Waals surface area contributed by atoms with Crippen molar-refractivity contribution in [1.82, 2.24) is 4.98 Å². The molecular weight excluding hydrogens is 647 g/mol. The molecule has 0 bridgehead atoms. The number of rotatable bonds is 6. The first-order chi connectivity index (χ1) is 24.7. The maximum Gasteiger partial charge on any atom is 0.416 e. The number of aryl methyl sites for hydroxylation is 1. The van der Waals surface area contributed by atoms with Crippen molar-refractivity contribution >= 4 is 45.0 Å². The number of fused-ring (bicyclic) bond motifs is 3. The molecule has 1 aromatic heterocycles. The van der Waals surface area contributed by atoms with E-state index in [1.54, 1.807) is 14.2 Å². The SMILES string of the molecule is COc1cc(OC)cc(-c2cc(-c3ccc(C(F)(F)F)cc3)nc3c(N4c5ccccc5N(c5ccccc5)c5ccccc54)ccc(C)c23)c1. The van der Waals surface area contributed by atoms with Crippen LogP contribution in [0.4, 0.5) is 47.3 Å². The molecule has 0 spiro atoms. The minimum Gasteiger partial charge on any atom is -0.497 e. The largest absolute Gasteiger partial charge is 0.497 e. The van der Waals surface area contributed by atoms with Crippen molar-refractivity contribution in [3.63, 3.8) is 0 Å². The number of ether oxygens (including phenoxy) is 2. The number of anilines is 6. The van der Waals surface area contributed by atoms with Gasteiger partial charge in [-0.05, 0) is 96.4 Å². The number of hydrogen-bond donors (Lipinski definition) is 0.